The minimum atomic E-state index is -0.379. The number of aryl methyl sites for hydroxylation is 1. The summed E-state index contributed by atoms with van der Waals surface area (Å²) in [5.74, 6) is 1.99. The van der Waals surface area contributed by atoms with E-state index in [-0.39, 0.29) is 16.7 Å². The molecule has 2 heterocycles. The zero-order chi connectivity index (χ0) is 27.9. The standard InChI is InChI=1S/C31H49N5O2/c1-9-12-19-25-34-26-27(23-17-13-14-18-24(23)33-28(26)35(10-2)11-3)36(25)38-21-16-15-20-32-29(37)31(7,8)22-30(4,5)6/h13-14,17-18H,9-12,15-16,19-22H2,1-8H3,(H,32,37). The molecule has 0 aliphatic rings. The van der Waals surface area contributed by atoms with Gasteiger partial charge in [-0.1, -0.05) is 66.2 Å². The van der Waals surface area contributed by atoms with E-state index < -0.39 is 0 Å². The lowest BCUT2D eigenvalue weighted by molar-refractivity contribution is -0.130. The molecule has 2 aromatic heterocycles. The summed E-state index contributed by atoms with van der Waals surface area (Å²) >= 11 is 0. The predicted octanol–water partition coefficient (Wildman–Crippen LogP) is 6.56. The number of nitrogens with zero attached hydrogens (tertiary/aromatic N) is 4. The van der Waals surface area contributed by atoms with Crippen molar-refractivity contribution in [2.75, 3.05) is 31.1 Å². The number of carbonyl (C=O) groups excluding carboxylic acids is 1. The van der Waals surface area contributed by atoms with E-state index in [0.29, 0.717) is 13.2 Å². The second-order valence-electron chi connectivity index (χ2n) is 12.2. The molecule has 0 saturated heterocycles. The van der Waals surface area contributed by atoms with Crippen LogP contribution in [0.2, 0.25) is 0 Å². The number of rotatable bonds is 14. The van der Waals surface area contributed by atoms with Crippen LogP contribution in [0.1, 0.15) is 93.3 Å². The van der Waals surface area contributed by atoms with Gasteiger partial charge in [-0.05, 0) is 51.0 Å². The summed E-state index contributed by atoms with van der Waals surface area (Å²) in [5, 5.41) is 4.20. The van der Waals surface area contributed by atoms with Crippen molar-refractivity contribution in [1.29, 1.82) is 0 Å². The number of para-hydroxylation sites is 1. The molecule has 0 aliphatic heterocycles. The van der Waals surface area contributed by atoms with Crippen molar-refractivity contribution in [1.82, 2.24) is 20.0 Å². The van der Waals surface area contributed by atoms with Gasteiger partial charge in [-0.3, -0.25) is 4.79 Å². The fourth-order valence-corrected chi connectivity index (χ4v) is 5.39. The highest BCUT2D eigenvalue weighted by Gasteiger charge is 2.32. The number of nitrogens with one attached hydrogen (secondary N) is 1. The van der Waals surface area contributed by atoms with E-state index in [2.05, 4.69) is 63.9 Å². The zero-order valence-corrected chi connectivity index (χ0v) is 25.0. The molecule has 0 radical (unpaired) electrons. The maximum Gasteiger partial charge on any atom is 0.225 e. The minimum absolute atomic E-state index is 0.114. The van der Waals surface area contributed by atoms with Gasteiger partial charge in [0.1, 0.15) is 23.5 Å². The fourth-order valence-electron chi connectivity index (χ4n) is 5.39. The number of anilines is 1. The monoisotopic (exact) mass is 523 g/mol. The SMILES string of the molecule is CCCCc1nc2c(N(CC)CC)nc3ccccc3c2n1OCCCCNC(=O)C(C)(C)CC(C)(C)C. The normalized spacial score (nSPS) is 12.3. The van der Waals surface area contributed by atoms with Gasteiger partial charge in [-0.2, -0.15) is 4.73 Å². The maximum atomic E-state index is 12.7. The summed E-state index contributed by atoms with van der Waals surface area (Å²) in [4.78, 5) is 31.5. The molecular weight excluding hydrogens is 474 g/mol. The second kappa shape index (κ2) is 12.8. The van der Waals surface area contributed by atoms with Gasteiger partial charge in [0.25, 0.3) is 0 Å². The highest BCUT2D eigenvalue weighted by Crippen LogP contribution is 2.34. The molecule has 0 fully saturated rings. The average Bonchev–Trinajstić information content (AvgIpc) is 3.22. The molecule has 1 N–H and O–H groups in total. The third-order valence-electron chi connectivity index (χ3n) is 6.98. The molecule has 0 bridgehead atoms. The number of unbranched alkanes of at least 4 members (excludes halogenated alkanes) is 2. The number of benzene rings is 1. The molecule has 210 valence electrons. The molecule has 7 heteroatoms. The van der Waals surface area contributed by atoms with E-state index in [9.17, 15) is 4.79 Å². The summed E-state index contributed by atoms with van der Waals surface area (Å²) in [6, 6.07) is 8.25. The van der Waals surface area contributed by atoms with Crippen LogP contribution < -0.4 is 15.1 Å². The quantitative estimate of drug-likeness (QED) is 0.242. The number of imidazole rings is 1. The molecule has 1 amide bonds. The van der Waals surface area contributed by atoms with Crippen molar-refractivity contribution in [3.05, 3.63) is 30.1 Å². The van der Waals surface area contributed by atoms with Gasteiger partial charge in [0.05, 0.1) is 5.52 Å². The second-order valence-corrected chi connectivity index (χ2v) is 12.2. The van der Waals surface area contributed by atoms with E-state index in [0.717, 1.165) is 85.2 Å². The van der Waals surface area contributed by atoms with Crippen LogP contribution in [0, 0.1) is 10.8 Å². The van der Waals surface area contributed by atoms with Gasteiger partial charge in [0.2, 0.25) is 5.91 Å². The largest absolute Gasteiger partial charge is 0.412 e. The Labute approximate surface area is 229 Å². The number of fused-ring (bicyclic) bond motifs is 3. The van der Waals surface area contributed by atoms with Gasteiger partial charge in [0, 0.05) is 36.9 Å². The summed E-state index contributed by atoms with van der Waals surface area (Å²) < 4.78 is 1.97. The first-order valence-corrected chi connectivity index (χ1v) is 14.5. The van der Waals surface area contributed by atoms with Gasteiger partial charge >= 0.3 is 0 Å². The third kappa shape index (κ3) is 7.17. The van der Waals surface area contributed by atoms with Gasteiger partial charge in [0.15, 0.2) is 5.82 Å². The first-order chi connectivity index (χ1) is 18.0. The lowest BCUT2D eigenvalue weighted by atomic mass is 9.76. The maximum absolute atomic E-state index is 12.7. The van der Waals surface area contributed by atoms with E-state index in [1.54, 1.807) is 0 Å². The number of aromatic nitrogens is 3. The van der Waals surface area contributed by atoms with Crippen LogP contribution >= 0.6 is 0 Å². The van der Waals surface area contributed by atoms with Crippen LogP contribution in [-0.2, 0) is 11.2 Å². The van der Waals surface area contributed by atoms with Crippen LogP contribution in [0.5, 0.6) is 0 Å². The Morgan fingerprint density at radius 1 is 1.00 bits per heavy atom. The third-order valence-corrected chi connectivity index (χ3v) is 6.98. The van der Waals surface area contributed by atoms with Crippen LogP contribution in [0.3, 0.4) is 0 Å². The molecule has 3 aromatic rings. The molecule has 3 rings (SSSR count). The Balaban J connectivity index is 1.77. The van der Waals surface area contributed by atoms with E-state index in [4.69, 9.17) is 14.8 Å². The molecule has 0 atom stereocenters. The Morgan fingerprint density at radius 2 is 1.71 bits per heavy atom. The fraction of sp³-hybridized carbons (Fsp3) is 0.645. The van der Waals surface area contributed by atoms with E-state index >= 15 is 0 Å². The molecule has 0 saturated carbocycles. The van der Waals surface area contributed by atoms with Crippen molar-refractivity contribution in [3.8, 4) is 0 Å². The highest BCUT2D eigenvalue weighted by molar-refractivity contribution is 6.07. The molecule has 0 unspecified atom stereocenters. The lowest BCUT2D eigenvalue weighted by Crippen LogP contribution is -2.39. The lowest BCUT2D eigenvalue weighted by Gasteiger charge is -2.31. The van der Waals surface area contributed by atoms with Crippen LogP contribution in [-0.4, -0.2) is 46.8 Å². The topological polar surface area (TPSA) is 72.3 Å². The van der Waals surface area contributed by atoms with Crippen molar-refractivity contribution in [3.63, 3.8) is 0 Å². The number of hydrogen-bond acceptors (Lipinski definition) is 5. The van der Waals surface area contributed by atoms with Crippen LogP contribution in [0.4, 0.5) is 5.82 Å². The van der Waals surface area contributed by atoms with Gasteiger partial charge in [-0.15, -0.1) is 0 Å². The number of carbonyl (C=O) groups is 1. The van der Waals surface area contributed by atoms with E-state index in [1.807, 2.05) is 30.7 Å². The first kappa shape index (κ1) is 29.7. The molecular formula is C31H49N5O2. The minimum Gasteiger partial charge on any atom is -0.412 e. The van der Waals surface area contributed by atoms with Crippen molar-refractivity contribution < 1.29 is 9.63 Å². The zero-order valence-electron chi connectivity index (χ0n) is 25.0. The summed E-state index contributed by atoms with van der Waals surface area (Å²) in [5.41, 5.74) is 2.60. The number of amides is 1. The Kier molecular flexibility index (Phi) is 10.0. The van der Waals surface area contributed by atoms with Crippen LogP contribution in [0.25, 0.3) is 21.9 Å². The number of pyridine rings is 1. The Bertz CT molecular complexity index is 1200. The van der Waals surface area contributed by atoms with Gasteiger partial charge < -0.3 is 15.1 Å². The molecule has 38 heavy (non-hydrogen) atoms. The summed E-state index contributed by atoms with van der Waals surface area (Å²) in [6.07, 6.45) is 5.56. The smallest absolute Gasteiger partial charge is 0.225 e. The van der Waals surface area contributed by atoms with Crippen molar-refractivity contribution in [2.24, 2.45) is 10.8 Å². The molecule has 7 nitrogen and oxygen atoms in total. The first-order valence-electron chi connectivity index (χ1n) is 14.5. The van der Waals surface area contributed by atoms with Gasteiger partial charge in [-0.25, -0.2) is 9.97 Å². The van der Waals surface area contributed by atoms with E-state index in [1.165, 1.54) is 0 Å². The highest BCUT2D eigenvalue weighted by atomic mass is 16.7. The number of hydrogen-bond donors (Lipinski definition) is 1. The van der Waals surface area contributed by atoms with Crippen molar-refractivity contribution in [2.45, 2.75) is 93.9 Å². The summed E-state index contributed by atoms with van der Waals surface area (Å²) in [7, 11) is 0. The summed E-state index contributed by atoms with van der Waals surface area (Å²) in [6.45, 7) is 20.1. The van der Waals surface area contributed by atoms with Crippen LogP contribution in [0.15, 0.2) is 24.3 Å². The Hall–Kier alpha value is -2.83. The molecule has 0 aliphatic carbocycles. The molecule has 1 aromatic carbocycles. The molecule has 0 spiro atoms. The Morgan fingerprint density at radius 3 is 2.37 bits per heavy atom. The predicted molar refractivity (Wildman–Crippen MR) is 159 cm³/mol. The average molecular weight is 524 g/mol. The van der Waals surface area contributed by atoms with Crippen molar-refractivity contribution >= 4 is 33.7 Å².